The van der Waals surface area contributed by atoms with Crippen molar-refractivity contribution in [3.05, 3.63) is 42.5 Å². The quantitative estimate of drug-likeness (QED) is 0.225. The van der Waals surface area contributed by atoms with Crippen LogP contribution in [0.4, 0.5) is 0 Å². The molecular weight excluding hydrogens is 1060 g/mol. The van der Waals surface area contributed by atoms with E-state index in [9.17, 15) is 0 Å². The van der Waals surface area contributed by atoms with Gasteiger partial charge in [0.2, 0.25) is 0 Å². The molecule has 9 aliphatic rings. The number of rotatable bonds is 0. The summed E-state index contributed by atoms with van der Waals surface area (Å²) in [5, 5.41) is 0. The van der Waals surface area contributed by atoms with Gasteiger partial charge in [-0.3, -0.25) is 12.8 Å². The maximum absolute atomic E-state index is 5.24. The van der Waals surface area contributed by atoms with E-state index < -0.39 is 0 Å². The zero-order chi connectivity index (χ0) is 27.5. The van der Waals surface area contributed by atoms with E-state index in [1.54, 1.807) is 96.3 Å². The maximum atomic E-state index is 5.24. The molecule has 2 heterocycles. The Balaban J connectivity index is -0.0000000876. The van der Waals surface area contributed by atoms with Crippen molar-refractivity contribution in [2.45, 2.75) is 162 Å². The van der Waals surface area contributed by atoms with Crippen LogP contribution in [0.5, 0.6) is 0 Å². The average molecular weight is 1140 g/mol. The summed E-state index contributed by atoms with van der Waals surface area (Å²) in [7, 11) is 0. The molecular formula is C41H78O2Y6-6. The second kappa shape index (κ2) is 41.3. The van der Waals surface area contributed by atoms with Gasteiger partial charge in [0.15, 0.2) is 0 Å². The van der Waals surface area contributed by atoms with Crippen molar-refractivity contribution in [1.29, 1.82) is 0 Å². The van der Waals surface area contributed by atoms with Crippen LogP contribution in [0.25, 0.3) is 0 Å². The molecule has 8 heteroatoms. The smallest absolute Gasteiger partial charge is 0 e. The largest absolute Gasteiger partial charge is 0.442 e. The summed E-state index contributed by atoms with van der Waals surface area (Å²) in [6.07, 6.45) is 34.4. The molecule has 0 aromatic rings. The molecule has 2 nitrogen and oxygen atoms in total. The van der Waals surface area contributed by atoms with Crippen molar-refractivity contribution in [3.8, 4) is 0 Å². The molecule has 278 valence electrons. The molecule has 0 aromatic carbocycles. The molecule has 7 saturated carbocycles. The van der Waals surface area contributed by atoms with Crippen LogP contribution in [-0.2, 0) is 206 Å². The third-order valence-electron chi connectivity index (χ3n) is 12.0. The minimum absolute atomic E-state index is 0. The normalized spacial score (nSPS) is 34.5. The fraction of sp³-hybridized carbons (Fsp3) is 0.854. The first-order valence-corrected chi connectivity index (χ1v) is 18.2. The topological polar surface area (TPSA) is 18.5 Å². The molecule has 6 atom stereocenters. The van der Waals surface area contributed by atoms with E-state index in [-0.39, 0.29) is 238 Å². The van der Waals surface area contributed by atoms with E-state index in [4.69, 9.17) is 9.47 Å². The summed E-state index contributed by atoms with van der Waals surface area (Å²) in [4.78, 5) is 0. The van der Waals surface area contributed by atoms with Gasteiger partial charge in [-0.05, 0) is 85.9 Å². The van der Waals surface area contributed by atoms with Gasteiger partial charge in [-0.25, -0.2) is 0 Å². The van der Waals surface area contributed by atoms with Gasteiger partial charge in [0.25, 0.3) is 0 Å². The Morgan fingerprint density at radius 1 is 0.367 bits per heavy atom. The molecule has 6 unspecified atom stereocenters. The third kappa shape index (κ3) is 22.6. The molecule has 9 fully saturated rings. The van der Waals surface area contributed by atoms with E-state index in [1.165, 1.54) is 61.2 Å². The first-order chi connectivity index (χ1) is 19.3. The second-order valence-corrected chi connectivity index (χ2v) is 13.9. The summed E-state index contributed by atoms with van der Waals surface area (Å²) in [5.41, 5.74) is 0. The molecule has 49 heavy (non-hydrogen) atoms. The molecule has 4 bridgehead atoms. The molecule has 9 rings (SSSR count). The predicted molar refractivity (Wildman–Crippen MR) is 192 cm³/mol. The van der Waals surface area contributed by atoms with Gasteiger partial charge in [-0.1, -0.05) is 137 Å². The van der Waals surface area contributed by atoms with E-state index >= 15 is 0 Å². The molecule has 6 radical (unpaired) electrons. The van der Waals surface area contributed by atoms with Crippen molar-refractivity contribution in [2.24, 2.45) is 47.3 Å². The first kappa shape index (κ1) is 70.1. The van der Waals surface area contributed by atoms with Crippen molar-refractivity contribution < 1.29 is 206 Å². The summed E-state index contributed by atoms with van der Waals surface area (Å²) in [6, 6.07) is 0. The zero-order valence-electron chi connectivity index (χ0n) is 34.1. The van der Waals surface area contributed by atoms with Gasteiger partial charge in [-0.2, -0.15) is 0 Å². The first-order valence-electron chi connectivity index (χ1n) is 18.2. The molecule has 0 amide bonds. The minimum atomic E-state index is 0. The Morgan fingerprint density at radius 2 is 0.694 bits per heavy atom. The summed E-state index contributed by atoms with van der Waals surface area (Å²) >= 11 is 0. The van der Waals surface area contributed by atoms with E-state index in [0.29, 0.717) is 0 Å². The fourth-order valence-corrected chi connectivity index (χ4v) is 10.2. The van der Waals surface area contributed by atoms with Gasteiger partial charge < -0.3 is 39.2 Å². The zero-order valence-corrected chi connectivity index (χ0v) is 51.1. The number of fused-ring (bicyclic) bond motifs is 9. The Labute approximate surface area is 462 Å². The fourth-order valence-electron chi connectivity index (χ4n) is 10.2. The number of hydrogen-bond acceptors (Lipinski definition) is 2. The third-order valence-corrected chi connectivity index (χ3v) is 12.0. The molecule has 2 aliphatic heterocycles. The molecule has 0 aromatic heterocycles. The van der Waals surface area contributed by atoms with Gasteiger partial charge in [0.1, 0.15) is 0 Å². The van der Waals surface area contributed by atoms with Crippen LogP contribution in [0.15, 0.2) is 0 Å². The summed E-state index contributed by atoms with van der Waals surface area (Å²) < 4.78 is 10.5. The monoisotopic (exact) mass is 1140 g/mol. The predicted octanol–water partition coefficient (Wildman–Crippen LogP) is 12.4. The maximum Gasteiger partial charge on any atom is 0 e. The standard InChI is InChI=1S/C10H16.C10H18.C7H12.C6H8O2.2C2H6.4CH3.6Y/c1-2-9-7-4-5-8(6-7)10(9)3-1;1-2-6-10-8-4-3-7-9(10)5-1;1-2-7-4-3-6(1)5-7;1-3-7-6-2-4-8-5(1)6;2*1-2;;;;;;;;;;/h7-10H,1-6H2;9-10H,1-8H2;6-7H,1-5H2;1-2,5-6H,3-4H2;2*1-2H3;4*1H3;;;;;;/q;;;-2;;;4*-1;;;;;;. The van der Waals surface area contributed by atoms with Crippen LogP contribution in [0.3, 0.4) is 0 Å². The second-order valence-electron chi connectivity index (χ2n) is 13.9. The number of ether oxygens (including phenoxy) is 2. The van der Waals surface area contributed by atoms with Crippen LogP contribution in [-0.4, -0.2) is 25.4 Å². The van der Waals surface area contributed by atoms with E-state index in [1.807, 2.05) is 27.7 Å². The van der Waals surface area contributed by atoms with Gasteiger partial charge >= 0.3 is 0 Å². The van der Waals surface area contributed by atoms with Crippen molar-refractivity contribution in [1.82, 2.24) is 0 Å². The van der Waals surface area contributed by atoms with Crippen LogP contribution >= 0.6 is 0 Å². The Bertz CT molecular complexity index is 594. The Kier molecular flexibility index (Phi) is 59.1. The number of hydrogen-bond donors (Lipinski definition) is 0. The average Bonchev–Trinajstić information content (AvgIpc) is 3.86. The van der Waals surface area contributed by atoms with Crippen molar-refractivity contribution >= 4 is 0 Å². The van der Waals surface area contributed by atoms with Crippen LogP contribution in [0.1, 0.15) is 150 Å². The summed E-state index contributed by atoms with van der Waals surface area (Å²) in [6.45, 7) is 9.51. The summed E-state index contributed by atoms with van der Waals surface area (Å²) in [5.74, 6) is 9.45. The Morgan fingerprint density at radius 3 is 0.980 bits per heavy atom. The minimum Gasteiger partial charge on any atom is -0.442 e. The van der Waals surface area contributed by atoms with Crippen molar-refractivity contribution in [3.63, 3.8) is 0 Å². The molecule has 0 N–H and O–H groups in total. The molecule has 0 spiro atoms. The van der Waals surface area contributed by atoms with Crippen LogP contribution < -0.4 is 0 Å². The SMILES string of the molecule is C1CC2C3CCC(C3)C2C1.C1CC2CCC1C2.C1CCC2CCCCC2C1.CC.CC.[CH-]1COC2[CH-]COC12.[CH3-].[CH3-].[CH3-].[CH3-].[Y].[Y].[Y].[Y].[Y].[Y]. The van der Waals surface area contributed by atoms with Crippen LogP contribution in [0.2, 0.25) is 0 Å². The van der Waals surface area contributed by atoms with Crippen LogP contribution in [0, 0.1) is 89.9 Å². The molecule has 2 saturated heterocycles. The van der Waals surface area contributed by atoms with Gasteiger partial charge in [-0.15, -0.1) is 0 Å². The van der Waals surface area contributed by atoms with E-state index in [0.717, 1.165) is 25.0 Å². The van der Waals surface area contributed by atoms with Crippen molar-refractivity contribution in [2.75, 3.05) is 13.2 Å². The Hall–Kier alpha value is 6.54. The van der Waals surface area contributed by atoms with Gasteiger partial charge in [0.05, 0.1) is 0 Å². The van der Waals surface area contributed by atoms with Gasteiger partial charge in [0, 0.05) is 196 Å². The molecule has 7 aliphatic carbocycles. The van der Waals surface area contributed by atoms with E-state index in [2.05, 4.69) is 12.8 Å².